The number of carbonyl (C=O) groups is 1. The number of anilines is 1. The second-order valence-corrected chi connectivity index (χ2v) is 4.51. The van der Waals surface area contributed by atoms with Crippen molar-refractivity contribution in [2.45, 2.75) is 25.8 Å². The molecule has 0 saturated heterocycles. The highest BCUT2D eigenvalue weighted by Crippen LogP contribution is 2.20. The zero-order valence-corrected chi connectivity index (χ0v) is 11.1. The fourth-order valence-electron chi connectivity index (χ4n) is 2.07. The van der Waals surface area contributed by atoms with Gasteiger partial charge in [-0.3, -0.25) is 0 Å². The van der Waals surface area contributed by atoms with Gasteiger partial charge in [0, 0.05) is 5.39 Å². The summed E-state index contributed by atoms with van der Waals surface area (Å²) in [4.78, 5) is 15.5. The van der Waals surface area contributed by atoms with E-state index in [9.17, 15) is 10.1 Å². The van der Waals surface area contributed by atoms with Crippen molar-refractivity contribution in [3.8, 4) is 6.07 Å². The summed E-state index contributed by atoms with van der Waals surface area (Å²) in [5.74, 6) is -0.499. The van der Waals surface area contributed by atoms with Crippen LogP contribution in [0, 0.1) is 11.3 Å². The van der Waals surface area contributed by atoms with Crippen LogP contribution in [0.2, 0.25) is 0 Å². The lowest BCUT2D eigenvalue weighted by Crippen LogP contribution is -2.29. The fourth-order valence-corrected chi connectivity index (χ4v) is 2.07. The third kappa shape index (κ3) is 2.86. The molecule has 0 aliphatic carbocycles. The SMILES string of the molecule is CCCC(Nc1cc(C#N)c2ccccc2n1)C(=O)O. The Labute approximate surface area is 116 Å². The highest BCUT2D eigenvalue weighted by molar-refractivity contribution is 5.87. The average molecular weight is 269 g/mol. The minimum Gasteiger partial charge on any atom is -0.480 e. The van der Waals surface area contributed by atoms with E-state index in [-0.39, 0.29) is 0 Å². The molecule has 0 amide bonds. The molecule has 2 aromatic rings. The summed E-state index contributed by atoms with van der Waals surface area (Å²) in [5, 5.41) is 22.0. The van der Waals surface area contributed by atoms with Crippen LogP contribution in [0.15, 0.2) is 30.3 Å². The summed E-state index contributed by atoms with van der Waals surface area (Å²) in [6.45, 7) is 1.92. The first-order chi connectivity index (χ1) is 9.65. The van der Waals surface area contributed by atoms with Gasteiger partial charge < -0.3 is 10.4 Å². The molecule has 2 N–H and O–H groups in total. The normalized spacial score (nSPS) is 11.8. The van der Waals surface area contributed by atoms with Gasteiger partial charge >= 0.3 is 5.97 Å². The first kappa shape index (κ1) is 13.8. The van der Waals surface area contributed by atoms with Gasteiger partial charge in [-0.15, -0.1) is 0 Å². The minimum absolute atomic E-state index is 0.418. The van der Waals surface area contributed by atoms with Gasteiger partial charge in [-0.2, -0.15) is 5.26 Å². The number of carboxylic acids is 1. The molecule has 1 heterocycles. The van der Waals surface area contributed by atoms with Gasteiger partial charge in [-0.1, -0.05) is 31.5 Å². The molecule has 1 aromatic heterocycles. The molecule has 0 bridgehead atoms. The van der Waals surface area contributed by atoms with Crippen molar-refractivity contribution in [1.82, 2.24) is 4.98 Å². The van der Waals surface area contributed by atoms with Crippen LogP contribution < -0.4 is 5.32 Å². The Morgan fingerprint density at radius 1 is 1.50 bits per heavy atom. The highest BCUT2D eigenvalue weighted by atomic mass is 16.4. The maximum atomic E-state index is 11.2. The number of rotatable bonds is 5. The molecular weight excluding hydrogens is 254 g/mol. The third-order valence-corrected chi connectivity index (χ3v) is 3.03. The molecular formula is C15H15N3O2. The maximum Gasteiger partial charge on any atom is 0.326 e. The minimum atomic E-state index is -0.916. The van der Waals surface area contributed by atoms with E-state index in [1.165, 1.54) is 0 Å². The van der Waals surface area contributed by atoms with Crippen molar-refractivity contribution < 1.29 is 9.90 Å². The van der Waals surface area contributed by atoms with Crippen molar-refractivity contribution in [3.63, 3.8) is 0 Å². The number of aromatic nitrogens is 1. The Hall–Kier alpha value is -2.61. The number of fused-ring (bicyclic) bond motifs is 1. The molecule has 0 saturated carbocycles. The molecule has 102 valence electrons. The number of carboxylic acid groups (broad SMARTS) is 1. The molecule has 0 aliphatic rings. The number of benzene rings is 1. The molecule has 0 spiro atoms. The van der Waals surface area contributed by atoms with E-state index in [0.29, 0.717) is 23.3 Å². The van der Waals surface area contributed by atoms with Crippen LogP contribution in [0.4, 0.5) is 5.82 Å². The Morgan fingerprint density at radius 2 is 2.25 bits per heavy atom. The van der Waals surface area contributed by atoms with Crippen molar-refractivity contribution >= 4 is 22.7 Å². The smallest absolute Gasteiger partial charge is 0.326 e. The topological polar surface area (TPSA) is 86.0 Å². The zero-order valence-electron chi connectivity index (χ0n) is 11.1. The van der Waals surface area contributed by atoms with Crippen LogP contribution in [0.25, 0.3) is 10.9 Å². The fraction of sp³-hybridized carbons (Fsp3) is 0.267. The monoisotopic (exact) mass is 269 g/mol. The van der Waals surface area contributed by atoms with Crippen molar-refractivity contribution in [2.75, 3.05) is 5.32 Å². The van der Waals surface area contributed by atoms with Gasteiger partial charge in [0.1, 0.15) is 11.9 Å². The number of para-hydroxylation sites is 1. The van der Waals surface area contributed by atoms with E-state index in [2.05, 4.69) is 16.4 Å². The summed E-state index contributed by atoms with van der Waals surface area (Å²) in [6, 6.07) is 10.3. The van der Waals surface area contributed by atoms with E-state index in [1.807, 2.05) is 25.1 Å². The molecule has 0 radical (unpaired) electrons. The van der Waals surface area contributed by atoms with Gasteiger partial charge in [-0.25, -0.2) is 9.78 Å². The second kappa shape index (κ2) is 6.02. The summed E-state index contributed by atoms with van der Waals surface area (Å²) in [6.07, 6.45) is 1.26. The number of nitriles is 1. The molecule has 2 rings (SSSR count). The van der Waals surface area contributed by atoms with E-state index in [4.69, 9.17) is 5.11 Å². The summed E-state index contributed by atoms with van der Waals surface area (Å²) < 4.78 is 0. The van der Waals surface area contributed by atoms with E-state index < -0.39 is 12.0 Å². The summed E-state index contributed by atoms with van der Waals surface area (Å²) >= 11 is 0. The standard InChI is InChI=1S/C15H15N3O2/c1-2-5-13(15(19)20)18-14-8-10(9-16)11-6-3-4-7-12(11)17-14/h3-4,6-8,13H,2,5H2,1H3,(H,17,18)(H,19,20). The molecule has 20 heavy (non-hydrogen) atoms. The summed E-state index contributed by atoms with van der Waals surface area (Å²) in [5.41, 5.74) is 1.16. The lowest BCUT2D eigenvalue weighted by molar-refractivity contribution is -0.138. The lowest BCUT2D eigenvalue weighted by atomic mass is 10.1. The Kier molecular flexibility index (Phi) is 4.16. The van der Waals surface area contributed by atoms with Gasteiger partial charge in [0.15, 0.2) is 0 Å². The van der Waals surface area contributed by atoms with Gasteiger partial charge in [0.05, 0.1) is 17.1 Å². The van der Waals surface area contributed by atoms with Crippen LogP contribution in [0.1, 0.15) is 25.3 Å². The molecule has 0 fully saturated rings. The van der Waals surface area contributed by atoms with Crippen LogP contribution in [-0.2, 0) is 4.79 Å². The van der Waals surface area contributed by atoms with E-state index in [1.54, 1.807) is 12.1 Å². The van der Waals surface area contributed by atoms with Crippen LogP contribution in [0.5, 0.6) is 0 Å². The first-order valence-electron chi connectivity index (χ1n) is 6.45. The quantitative estimate of drug-likeness (QED) is 0.871. The Bertz CT molecular complexity index is 676. The van der Waals surface area contributed by atoms with E-state index in [0.717, 1.165) is 11.8 Å². The molecule has 1 aromatic carbocycles. The zero-order chi connectivity index (χ0) is 14.5. The number of nitrogens with zero attached hydrogens (tertiary/aromatic N) is 2. The largest absolute Gasteiger partial charge is 0.480 e. The molecule has 1 unspecified atom stereocenters. The van der Waals surface area contributed by atoms with Crippen molar-refractivity contribution in [3.05, 3.63) is 35.9 Å². The molecule has 0 aliphatic heterocycles. The van der Waals surface area contributed by atoms with Crippen LogP contribution >= 0.6 is 0 Å². The first-order valence-corrected chi connectivity index (χ1v) is 6.45. The third-order valence-electron chi connectivity index (χ3n) is 3.03. The predicted molar refractivity (Wildman–Crippen MR) is 76.4 cm³/mol. The van der Waals surface area contributed by atoms with Crippen molar-refractivity contribution in [2.24, 2.45) is 0 Å². The molecule has 5 heteroatoms. The van der Waals surface area contributed by atoms with Gasteiger partial charge in [-0.05, 0) is 18.6 Å². The summed E-state index contributed by atoms with van der Waals surface area (Å²) in [7, 11) is 0. The van der Waals surface area contributed by atoms with Crippen LogP contribution in [0.3, 0.4) is 0 Å². The molecule has 1 atom stereocenters. The molecule has 5 nitrogen and oxygen atoms in total. The van der Waals surface area contributed by atoms with E-state index >= 15 is 0 Å². The lowest BCUT2D eigenvalue weighted by Gasteiger charge is -2.15. The Balaban J connectivity index is 2.40. The number of nitrogens with one attached hydrogen (secondary N) is 1. The average Bonchev–Trinajstić information content (AvgIpc) is 2.45. The maximum absolute atomic E-state index is 11.2. The highest BCUT2D eigenvalue weighted by Gasteiger charge is 2.17. The second-order valence-electron chi connectivity index (χ2n) is 4.51. The number of aliphatic carboxylic acids is 1. The number of hydrogen-bond acceptors (Lipinski definition) is 4. The predicted octanol–water partition coefficient (Wildman–Crippen LogP) is 2.77. The van der Waals surface area contributed by atoms with Crippen molar-refractivity contribution in [1.29, 1.82) is 5.26 Å². The van der Waals surface area contributed by atoms with Gasteiger partial charge in [0.25, 0.3) is 0 Å². The number of hydrogen-bond donors (Lipinski definition) is 2. The number of pyridine rings is 1. The Morgan fingerprint density at radius 3 is 2.90 bits per heavy atom. The van der Waals surface area contributed by atoms with Crippen LogP contribution in [-0.4, -0.2) is 22.1 Å². The van der Waals surface area contributed by atoms with Gasteiger partial charge in [0.2, 0.25) is 0 Å².